The monoisotopic (exact) mass is 298 g/mol. The molecule has 0 fully saturated rings. The Balaban J connectivity index is 3.52. The molecule has 12 heavy (non-hydrogen) atoms. The third-order valence-electron chi connectivity index (χ3n) is 1.26. The van der Waals surface area contributed by atoms with Crippen LogP contribution in [0.4, 0.5) is 8.78 Å². The van der Waals surface area contributed by atoms with Gasteiger partial charge in [-0.2, -0.15) is 0 Å². The summed E-state index contributed by atoms with van der Waals surface area (Å²) >= 11 is 5.68. The molecule has 1 nitrogen and oxygen atoms in total. The second kappa shape index (κ2) is 3.62. The SMILES string of the molecule is O=Cc1c(F)c(Br)cc(Br)c1F. The summed E-state index contributed by atoms with van der Waals surface area (Å²) in [4.78, 5) is 10.2. The molecule has 0 aromatic heterocycles. The first-order valence-corrected chi connectivity index (χ1v) is 4.44. The van der Waals surface area contributed by atoms with Crippen molar-refractivity contribution < 1.29 is 13.6 Å². The van der Waals surface area contributed by atoms with Crippen LogP contribution in [0.1, 0.15) is 10.4 Å². The Labute approximate surface area is 84.0 Å². The Morgan fingerprint density at radius 3 is 1.92 bits per heavy atom. The molecule has 0 aliphatic heterocycles. The van der Waals surface area contributed by atoms with Crippen molar-refractivity contribution >= 4 is 38.1 Å². The molecule has 0 radical (unpaired) electrons. The van der Waals surface area contributed by atoms with Crippen molar-refractivity contribution in [3.05, 3.63) is 32.2 Å². The fourth-order valence-electron chi connectivity index (χ4n) is 0.695. The Kier molecular flexibility index (Phi) is 2.95. The molecule has 0 aliphatic carbocycles. The van der Waals surface area contributed by atoms with E-state index in [0.717, 1.165) is 0 Å². The van der Waals surface area contributed by atoms with Crippen molar-refractivity contribution in [3.8, 4) is 0 Å². The third-order valence-corrected chi connectivity index (χ3v) is 2.42. The highest BCUT2D eigenvalue weighted by molar-refractivity contribution is 9.11. The molecule has 0 amide bonds. The predicted molar refractivity (Wildman–Crippen MR) is 47.1 cm³/mol. The first kappa shape index (κ1) is 9.80. The van der Waals surface area contributed by atoms with E-state index < -0.39 is 17.2 Å². The van der Waals surface area contributed by atoms with E-state index >= 15 is 0 Å². The van der Waals surface area contributed by atoms with Crippen LogP contribution in [-0.2, 0) is 0 Å². The molecule has 0 unspecified atom stereocenters. The van der Waals surface area contributed by atoms with Gasteiger partial charge in [0, 0.05) is 0 Å². The molecular weight excluding hydrogens is 298 g/mol. The number of halogens is 4. The van der Waals surface area contributed by atoms with Gasteiger partial charge in [0.05, 0.1) is 14.5 Å². The molecule has 0 aliphatic rings. The van der Waals surface area contributed by atoms with Crippen molar-refractivity contribution in [3.63, 3.8) is 0 Å². The zero-order valence-corrected chi connectivity index (χ0v) is 8.75. The molecule has 0 heterocycles. The average molecular weight is 300 g/mol. The van der Waals surface area contributed by atoms with Crippen LogP contribution in [-0.4, -0.2) is 6.29 Å². The van der Waals surface area contributed by atoms with Crippen LogP contribution in [0.3, 0.4) is 0 Å². The van der Waals surface area contributed by atoms with E-state index in [2.05, 4.69) is 31.9 Å². The lowest BCUT2D eigenvalue weighted by Crippen LogP contribution is -1.95. The van der Waals surface area contributed by atoms with Crippen LogP contribution in [0.25, 0.3) is 0 Å². The van der Waals surface area contributed by atoms with E-state index in [4.69, 9.17) is 0 Å². The summed E-state index contributed by atoms with van der Waals surface area (Å²) in [7, 11) is 0. The summed E-state index contributed by atoms with van der Waals surface area (Å²) in [6, 6.07) is 1.21. The number of hydrogen-bond donors (Lipinski definition) is 0. The Bertz CT molecular complexity index is 312. The topological polar surface area (TPSA) is 17.1 Å². The summed E-state index contributed by atoms with van der Waals surface area (Å²) in [5.41, 5.74) is -0.573. The normalized spacial score (nSPS) is 10.0. The van der Waals surface area contributed by atoms with Gasteiger partial charge in [0.2, 0.25) is 0 Å². The number of benzene rings is 1. The van der Waals surface area contributed by atoms with Crippen LogP contribution in [0.2, 0.25) is 0 Å². The van der Waals surface area contributed by atoms with E-state index in [1.54, 1.807) is 0 Å². The first-order chi connectivity index (χ1) is 5.57. The van der Waals surface area contributed by atoms with E-state index in [1.165, 1.54) is 6.07 Å². The second-order valence-electron chi connectivity index (χ2n) is 2.00. The maximum absolute atomic E-state index is 12.9. The van der Waals surface area contributed by atoms with Gasteiger partial charge in [-0.25, -0.2) is 8.78 Å². The maximum Gasteiger partial charge on any atom is 0.156 e. The highest BCUT2D eigenvalue weighted by Crippen LogP contribution is 2.27. The number of rotatable bonds is 1. The molecule has 0 saturated heterocycles. The summed E-state index contributed by atoms with van der Waals surface area (Å²) < 4.78 is 25.9. The van der Waals surface area contributed by atoms with Gasteiger partial charge in [0.15, 0.2) is 17.9 Å². The van der Waals surface area contributed by atoms with Crippen LogP contribution in [0.5, 0.6) is 0 Å². The highest BCUT2D eigenvalue weighted by Gasteiger charge is 2.14. The zero-order chi connectivity index (χ0) is 9.30. The standard InChI is InChI=1S/C7H2Br2F2O/c8-4-1-5(9)7(11)3(2-12)6(4)10/h1-2H. The lowest BCUT2D eigenvalue weighted by Gasteiger charge is -2.01. The quantitative estimate of drug-likeness (QED) is 0.574. The molecule has 0 N–H and O–H groups in total. The number of carbonyl (C=O) groups is 1. The average Bonchev–Trinajstić information content (AvgIpc) is 2.02. The van der Waals surface area contributed by atoms with Gasteiger partial charge in [-0.1, -0.05) is 0 Å². The third kappa shape index (κ3) is 1.56. The fourth-order valence-corrected chi connectivity index (χ4v) is 1.89. The lowest BCUT2D eigenvalue weighted by molar-refractivity contribution is 0.111. The van der Waals surface area contributed by atoms with Gasteiger partial charge in [-0.3, -0.25) is 4.79 Å². The smallest absolute Gasteiger partial charge is 0.156 e. The van der Waals surface area contributed by atoms with E-state index in [1.807, 2.05) is 0 Å². The molecule has 64 valence electrons. The molecular formula is C7H2Br2F2O. The predicted octanol–water partition coefficient (Wildman–Crippen LogP) is 3.30. The van der Waals surface area contributed by atoms with Gasteiger partial charge < -0.3 is 0 Å². The van der Waals surface area contributed by atoms with Gasteiger partial charge in [-0.15, -0.1) is 0 Å². The minimum absolute atomic E-state index is 0.0536. The highest BCUT2D eigenvalue weighted by atomic mass is 79.9. The lowest BCUT2D eigenvalue weighted by atomic mass is 10.2. The number of carbonyl (C=O) groups excluding carboxylic acids is 1. The van der Waals surface area contributed by atoms with Crippen LogP contribution in [0.15, 0.2) is 15.0 Å². The largest absolute Gasteiger partial charge is 0.298 e. The van der Waals surface area contributed by atoms with Crippen molar-refractivity contribution in [1.29, 1.82) is 0 Å². The van der Waals surface area contributed by atoms with E-state index in [0.29, 0.717) is 0 Å². The zero-order valence-electron chi connectivity index (χ0n) is 5.57. The van der Waals surface area contributed by atoms with Crippen LogP contribution < -0.4 is 0 Å². The molecule has 1 aromatic carbocycles. The number of hydrogen-bond acceptors (Lipinski definition) is 1. The van der Waals surface area contributed by atoms with Crippen LogP contribution in [0, 0.1) is 11.6 Å². The minimum Gasteiger partial charge on any atom is -0.298 e. The second-order valence-corrected chi connectivity index (χ2v) is 3.71. The first-order valence-electron chi connectivity index (χ1n) is 2.86. The van der Waals surface area contributed by atoms with E-state index in [-0.39, 0.29) is 15.2 Å². The summed E-state index contributed by atoms with van der Waals surface area (Å²) in [6.07, 6.45) is 0.139. The molecule has 5 heteroatoms. The van der Waals surface area contributed by atoms with Crippen molar-refractivity contribution in [2.75, 3.05) is 0 Å². The summed E-state index contributed by atoms with van der Waals surface area (Å²) in [5.74, 6) is -1.77. The van der Waals surface area contributed by atoms with Gasteiger partial charge in [0.25, 0.3) is 0 Å². The number of aldehydes is 1. The van der Waals surface area contributed by atoms with Gasteiger partial charge in [0.1, 0.15) is 0 Å². The van der Waals surface area contributed by atoms with Gasteiger partial charge in [-0.05, 0) is 37.9 Å². The fraction of sp³-hybridized carbons (Fsp3) is 0. The molecule has 0 spiro atoms. The van der Waals surface area contributed by atoms with Crippen molar-refractivity contribution in [1.82, 2.24) is 0 Å². The Morgan fingerprint density at radius 2 is 1.58 bits per heavy atom. The van der Waals surface area contributed by atoms with Crippen molar-refractivity contribution in [2.24, 2.45) is 0 Å². The van der Waals surface area contributed by atoms with Gasteiger partial charge >= 0.3 is 0 Å². The maximum atomic E-state index is 12.9. The molecule has 0 atom stereocenters. The Hall–Kier alpha value is -0.290. The summed E-state index contributed by atoms with van der Waals surface area (Å²) in [5, 5.41) is 0. The molecule has 0 saturated carbocycles. The van der Waals surface area contributed by atoms with Crippen LogP contribution >= 0.6 is 31.9 Å². The molecule has 0 bridgehead atoms. The molecule has 1 aromatic rings. The minimum atomic E-state index is -0.884. The van der Waals surface area contributed by atoms with Crippen molar-refractivity contribution in [2.45, 2.75) is 0 Å². The van der Waals surface area contributed by atoms with E-state index in [9.17, 15) is 13.6 Å². The molecule has 1 rings (SSSR count). The Morgan fingerprint density at radius 1 is 1.17 bits per heavy atom. The summed E-state index contributed by atoms with van der Waals surface area (Å²) in [6.45, 7) is 0.